The van der Waals surface area contributed by atoms with Gasteiger partial charge in [-0.1, -0.05) is 28.1 Å². The molecule has 0 bridgehead atoms. The second-order valence-corrected chi connectivity index (χ2v) is 6.59. The molecule has 0 radical (unpaired) electrons. The number of nitrogens with zero attached hydrogens (tertiary/aromatic N) is 1. The van der Waals surface area contributed by atoms with Crippen LogP contribution in [0.3, 0.4) is 0 Å². The molecule has 0 aliphatic carbocycles. The van der Waals surface area contributed by atoms with E-state index in [1.807, 2.05) is 0 Å². The van der Waals surface area contributed by atoms with Crippen molar-refractivity contribution in [3.8, 4) is 0 Å². The summed E-state index contributed by atoms with van der Waals surface area (Å²) in [5.74, 6) is -1.97. The highest BCUT2D eigenvalue weighted by Gasteiger charge is 2.17. The molecule has 1 aromatic heterocycles. The third kappa shape index (κ3) is 5.63. The van der Waals surface area contributed by atoms with Gasteiger partial charge in [0.2, 0.25) is 0 Å². The average Bonchev–Trinajstić information content (AvgIpc) is 3.23. The first-order valence-corrected chi connectivity index (χ1v) is 9.16. The van der Waals surface area contributed by atoms with E-state index < -0.39 is 17.7 Å². The SMILES string of the molecule is O=C(N/N=C/c1ccco1)C(=O)Nc1ccccc1C(=O)Nc1ccc(Br)cc1. The number of benzene rings is 2. The molecule has 0 saturated heterocycles. The van der Waals surface area contributed by atoms with Crippen LogP contribution in [0.15, 0.2) is 80.9 Å². The summed E-state index contributed by atoms with van der Waals surface area (Å²) < 4.78 is 5.90. The number of amides is 3. The molecule has 8 nitrogen and oxygen atoms in total. The lowest BCUT2D eigenvalue weighted by Crippen LogP contribution is -2.33. The summed E-state index contributed by atoms with van der Waals surface area (Å²) >= 11 is 3.32. The van der Waals surface area contributed by atoms with Crippen molar-refractivity contribution in [2.75, 3.05) is 10.6 Å². The summed E-state index contributed by atoms with van der Waals surface area (Å²) in [5.41, 5.74) is 3.07. The summed E-state index contributed by atoms with van der Waals surface area (Å²) in [5, 5.41) is 8.78. The molecule has 146 valence electrons. The van der Waals surface area contributed by atoms with Gasteiger partial charge in [-0.15, -0.1) is 0 Å². The van der Waals surface area contributed by atoms with Crippen LogP contribution >= 0.6 is 15.9 Å². The van der Waals surface area contributed by atoms with Crippen molar-refractivity contribution >= 4 is 51.2 Å². The smallest absolute Gasteiger partial charge is 0.329 e. The van der Waals surface area contributed by atoms with Crippen molar-refractivity contribution in [1.29, 1.82) is 0 Å². The molecule has 0 unspecified atom stereocenters. The minimum atomic E-state index is -0.990. The Balaban J connectivity index is 1.64. The zero-order chi connectivity index (χ0) is 20.6. The maximum atomic E-state index is 12.6. The Kier molecular flexibility index (Phi) is 6.54. The quantitative estimate of drug-likeness (QED) is 0.311. The van der Waals surface area contributed by atoms with E-state index in [0.29, 0.717) is 11.4 Å². The standard InChI is InChI=1S/C20H15BrN4O4/c21-13-7-9-14(10-8-13)23-18(26)16-5-1-2-6-17(16)24-19(27)20(28)25-22-12-15-4-3-11-29-15/h1-12H,(H,23,26)(H,24,27)(H,25,28)/b22-12+. The van der Waals surface area contributed by atoms with Gasteiger partial charge in [0.15, 0.2) is 0 Å². The van der Waals surface area contributed by atoms with E-state index in [1.165, 1.54) is 24.6 Å². The van der Waals surface area contributed by atoms with Gasteiger partial charge in [0, 0.05) is 10.2 Å². The lowest BCUT2D eigenvalue weighted by atomic mass is 10.1. The zero-order valence-electron chi connectivity index (χ0n) is 14.9. The van der Waals surface area contributed by atoms with E-state index >= 15 is 0 Å². The van der Waals surface area contributed by atoms with Crippen molar-refractivity contribution in [1.82, 2.24) is 5.43 Å². The Bertz CT molecular complexity index is 1050. The van der Waals surface area contributed by atoms with Crippen LogP contribution in [0.25, 0.3) is 0 Å². The molecule has 1 heterocycles. The largest absolute Gasteiger partial charge is 0.463 e. The Hall–Kier alpha value is -3.72. The normalized spacial score (nSPS) is 10.5. The average molecular weight is 455 g/mol. The number of hydrogen-bond donors (Lipinski definition) is 3. The number of hydrazone groups is 1. The molecule has 3 aromatic rings. The van der Waals surface area contributed by atoms with Gasteiger partial charge in [0.05, 0.1) is 23.7 Å². The Morgan fingerprint density at radius 2 is 1.66 bits per heavy atom. The second-order valence-electron chi connectivity index (χ2n) is 5.68. The van der Waals surface area contributed by atoms with E-state index in [-0.39, 0.29) is 11.3 Å². The Labute approximate surface area is 174 Å². The monoisotopic (exact) mass is 454 g/mol. The van der Waals surface area contributed by atoms with Crippen LogP contribution in [0.1, 0.15) is 16.1 Å². The van der Waals surface area contributed by atoms with Crippen molar-refractivity contribution in [2.45, 2.75) is 0 Å². The fourth-order valence-electron chi connectivity index (χ4n) is 2.27. The molecule has 29 heavy (non-hydrogen) atoms. The van der Waals surface area contributed by atoms with Crippen LogP contribution in [0.2, 0.25) is 0 Å². The number of nitrogens with one attached hydrogen (secondary N) is 3. The topological polar surface area (TPSA) is 113 Å². The molecule has 0 fully saturated rings. The van der Waals surface area contributed by atoms with Gasteiger partial charge < -0.3 is 15.1 Å². The lowest BCUT2D eigenvalue weighted by molar-refractivity contribution is -0.136. The van der Waals surface area contributed by atoms with E-state index in [4.69, 9.17) is 4.42 Å². The van der Waals surface area contributed by atoms with Crippen molar-refractivity contribution in [2.24, 2.45) is 5.10 Å². The molecule has 9 heteroatoms. The fraction of sp³-hybridized carbons (Fsp3) is 0. The predicted octanol–water partition coefficient (Wildman–Crippen LogP) is 3.38. The van der Waals surface area contributed by atoms with Crippen LogP contribution < -0.4 is 16.1 Å². The number of anilines is 2. The van der Waals surface area contributed by atoms with Crippen LogP contribution in [-0.4, -0.2) is 23.9 Å². The summed E-state index contributed by atoms with van der Waals surface area (Å²) in [6.07, 6.45) is 2.71. The first-order chi connectivity index (χ1) is 14.0. The van der Waals surface area contributed by atoms with Crippen molar-refractivity contribution < 1.29 is 18.8 Å². The summed E-state index contributed by atoms with van der Waals surface area (Å²) in [6.45, 7) is 0. The molecule has 3 N–H and O–H groups in total. The minimum absolute atomic E-state index is 0.192. The minimum Gasteiger partial charge on any atom is -0.463 e. The van der Waals surface area contributed by atoms with E-state index in [9.17, 15) is 14.4 Å². The Morgan fingerprint density at radius 3 is 2.38 bits per heavy atom. The van der Waals surface area contributed by atoms with Gasteiger partial charge in [0.25, 0.3) is 5.91 Å². The molecular formula is C20H15BrN4O4. The molecule has 0 atom stereocenters. The highest BCUT2D eigenvalue weighted by molar-refractivity contribution is 9.10. The van der Waals surface area contributed by atoms with Crippen molar-refractivity contribution in [3.63, 3.8) is 0 Å². The summed E-state index contributed by atoms with van der Waals surface area (Å²) in [7, 11) is 0. The lowest BCUT2D eigenvalue weighted by Gasteiger charge is -2.11. The van der Waals surface area contributed by atoms with Gasteiger partial charge in [-0.2, -0.15) is 5.10 Å². The predicted molar refractivity (Wildman–Crippen MR) is 112 cm³/mol. The van der Waals surface area contributed by atoms with E-state index in [1.54, 1.807) is 48.5 Å². The van der Waals surface area contributed by atoms with Gasteiger partial charge in [0.1, 0.15) is 5.76 Å². The van der Waals surface area contributed by atoms with E-state index in [0.717, 1.165) is 4.47 Å². The first kappa shape index (κ1) is 20.0. The summed E-state index contributed by atoms with van der Waals surface area (Å²) in [6, 6.07) is 16.7. The molecule has 0 aliphatic heterocycles. The maximum Gasteiger partial charge on any atom is 0.329 e. The highest BCUT2D eigenvalue weighted by Crippen LogP contribution is 2.19. The number of carbonyl (C=O) groups excluding carboxylic acids is 3. The van der Waals surface area contributed by atoms with E-state index in [2.05, 4.69) is 37.1 Å². The number of para-hydroxylation sites is 1. The highest BCUT2D eigenvalue weighted by atomic mass is 79.9. The summed E-state index contributed by atoms with van der Waals surface area (Å²) in [4.78, 5) is 36.6. The number of furan rings is 1. The van der Waals surface area contributed by atoms with Gasteiger partial charge in [-0.3, -0.25) is 14.4 Å². The zero-order valence-corrected chi connectivity index (χ0v) is 16.5. The van der Waals surface area contributed by atoms with Gasteiger partial charge in [-0.25, -0.2) is 5.43 Å². The van der Waals surface area contributed by atoms with Crippen molar-refractivity contribution in [3.05, 3.63) is 82.7 Å². The van der Waals surface area contributed by atoms with Crippen LogP contribution in [-0.2, 0) is 9.59 Å². The van der Waals surface area contributed by atoms with Crippen LogP contribution in [0, 0.1) is 0 Å². The number of carbonyl (C=O) groups is 3. The first-order valence-electron chi connectivity index (χ1n) is 8.37. The molecular weight excluding hydrogens is 440 g/mol. The van der Waals surface area contributed by atoms with Crippen LogP contribution in [0.5, 0.6) is 0 Å². The molecule has 0 aliphatic rings. The second kappa shape index (κ2) is 9.47. The fourth-order valence-corrected chi connectivity index (χ4v) is 2.54. The van der Waals surface area contributed by atoms with Gasteiger partial charge in [-0.05, 0) is 48.5 Å². The molecule has 0 saturated carbocycles. The molecule has 3 amide bonds. The molecule has 3 rings (SSSR count). The maximum absolute atomic E-state index is 12.6. The number of halogens is 1. The van der Waals surface area contributed by atoms with Gasteiger partial charge >= 0.3 is 11.8 Å². The number of rotatable bonds is 5. The third-order valence-corrected chi connectivity index (χ3v) is 4.16. The third-order valence-electron chi connectivity index (χ3n) is 3.63. The molecule has 2 aromatic carbocycles. The number of hydrogen-bond acceptors (Lipinski definition) is 5. The molecule has 0 spiro atoms. The van der Waals surface area contributed by atoms with Crippen LogP contribution in [0.4, 0.5) is 11.4 Å². The Morgan fingerprint density at radius 1 is 0.897 bits per heavy atom.